The SMILES string of the molecule is C[C@H](/C=C/C=C/C=C/c1ccccc1)[C@H](O)[C@@H](O)[C@H]1NC(=O)C[C@H](O)CNC(=O)CNC(=O)/C(=C/c2c[nH]c3ccccc23)NC(=O)CN(C)C(=O)C[C@]2(O)NC(=O)C[C@H]2NC(=O)[C@@H]1O. The normalized spacial score (nSPS) is 26.0. The number of para-hydroxylation sites is 1. The van der Waals surface area contributed by atoms with Crippen molar-refractivity contribution in [1.29, 1.82) is 0 Å². The number of nitrogens with zero attached hydrogens (tertiary/aromatic N) is 1. The number of H-pyrrole nitrogens is 1. The molecule has 2 aliphatic rings. The molecule has 2 fully saturated rings. The number of hydrogen-bond acceptors (Lipinski definition) is 12. The average Bonchev–Trinajstić information content (AvgIpc) is 3.81. The van der Waals surface area contributed by atoms with E-state index in [1.54, 1.807) is 54.8 Å². The van der Waals surface area contributed by atoms with Crippen LogP contribution in [0.3, 0.4) is 0 Å². The molecule has 2 aromatic carbocycles. The summed E-state index contributed by atoms with van der Waals surface area (Å²) in [5.74, 6) is -7.50. The summed E-state index contributed by atoms with van der Waals surface area (Å²) in [7, 11) is 1.21. The summed E-state index contributed by atoms with van der Waals surface area (Å²) >= 11 is 0. The zero-order valence-corrected chi connectivity index (χ0v) is 35.6. The van der Waals surface area contributed by atoms with E-state index >= 15 is 0 Å². The van der Waals surface area contributed by atoms with Gasteiger partial charge < -0.3 is 67.3 Å². The molecule has 0 unspecified atom stereocenters. The molecule has 5 rings (SSSR count). The molecule has 3 aromatic rings. The van der Waals surface area contributed by atoms with E-state index in [4.69, 9.17) is 0 Å². The third-order valence-electron chi connectivity index (χ3n) is 10.7. The van der Waals surface area contributed by atoms with Crippen molar-refractivity contribution in [1.82, 2.24) is 41.8 Å². The van der Waals surface area contributed by atoms with Crippen LogP contribution < -0.4 is 31.9 Å². The predicted octanol–water partition coefficient (Wildman–Crippen LogP) is -1.81. The van der Waals surface area contributed by atoms with Crippen LogP contribution in [0, 0.1) is 5.92 Å². The minimum atomic E-state index is -2.46. The Balaban J connectivity index is 1.36. The maximum atomic E-state index is 13.6. The Hall–Kier alpha value is -6.97. The summed E-state index contributed by atoms with van der Waals surface area (Å²) in [5.41, 5.74) is -0.602. The Labute approximate surface area is 373 Å². The van der Waals surface area contributed by atoms with Crippen LogP contribution in [0.2, 0.25) is 0 Å². The molecular formula is C45H54N8O12. The lowest BCUT2D eigenvalue weighted by atomic mass is 9.91. The molecule has 3 heterocycles. The fraction of sp³-hybridized carbons (Fsp3) is 0.356. The second-order valence-corrected chi connectivity index (χ2v) is 15.8. The third-order valence-corrected chi connectivity index (χ3v) is 10.7. The van der Waals surface area contributed by atoms with Gasteiger partial charge in [0.15, 0.2) is 11.8 Å². The molecule has 2 aliphatic heterocycles. The van der Waals surface area contributed by atoms with E-state index in [0.717, 1.165) is 16.0 Å². The van der Waals surface area contributed by atoms with Crippen LogP contribution in [-0.4, -0.2) is 146 Å². The monoisotopic (exact) mass is 898 g/mol. The zero-order valence-electron chi connectivity index (χ0n) is 35.6. The molecule has 0 saturated carbocycles. The first kappa shape index (κ1) is 49.1. The number of fused-ring (bicyclic) bond motifs is 2. The molecule has 0 aliphatic carbocycles. The molecule has 8 atom stereocenters. The summed E-state index contributed by atoms with van der Waals surface area (Å²) in [6, 6.07) is 13.1. The summed E-state index contributed by atoms with van der Waals surface area (Å²) in [4.78, 5) is 96.4. The van der Waals surface area contributed by atoms with Crippen molar-refractivity contribution < 1.29 is 59.1 Å². The number of β-amino-alcohol motifs (C(OH)–C–C–N with tert-alkyl or cyclic N) is 1. The lowest BCUT2D eigenvalue weighted by Gasteiger charge is -2.34. The number of rotatable bonds is 8. The van der Waals surface area contributed by atoms with Crippen LogP contribution in [0.4, 0.5) is 0 Å². The van der Waals surface area contributed by atoms with E-state index in [1.807, 2.05) is 36.4 Å². The van der Waals surface area contributed by atoms with E-state index in [1.165, 1.54) is 26.1 Å². The second kappa shape index (κ2) is 22.6. The Morgan fingerprint density at radius 1 is 0.815 bits per heavy atom. The Morgan fingerprint density at radius 2 is 1.52 bits per heavy atom. The van der Waals surface area contributed by atoms with Crippen molar-refractivity contribution in [2.45, 2.75) is 68.4 Å². The number of hydrogen-bond donors (Lipinski definition) is 12. The van der Waals surface area contributed by atoms with Gasteiger partial charge in [-0.3, -0.25) is 33.6 Å². The van der Waals surface area contributed by atoms with Crippen LogP contribution in [0.25, 0.3) is 23.1 Å². The number of carbonyl (C=O) groups excluding carboxylic acids is 7. The van der Waals surface area contributed by atoms with Crippen LogP contribution in [0.5, 0.6) is 0 Å². The van der Waals surface area contributed by atoms with Crippen molar-refractivity contribution in [3.63, 3.8) is 0 Å². The van der Waals surface area contributed by atoms with Gasteiger partial charge in [-0.2, -0.15) is 0 Å². The smallest absolute Gasteiger partial charge is 0.268 e. The van der Waals surface area contributed by atoms with Crippen LogP contribution in [0.15, 0.2) is 96.9 Å². The standard InChI is InChI=1S/C45H54N8O12/c1-26(12-6-3-4-7-13-27-14-8-5-9-15-27)40(60)41(61)39-42(62)44(64)50-33-20-35(56)52-45(33,65)21-38(59)53(2)25-37(58)49-32(18-28-22-46-31-17-11-10-16-30(28)31)43(63)48-24-36(57)47-23-29(54)19-34(55)51-39/h3-18,22,26,29,33,39-42,46,54,60-62,65H,19-21,23-25H2,1-2H3,(H,47,57)(H,48,63)(H,49,58)(H,50,64)(H,51,55)(H,52,56)/b4-3+,12-6+,13-7+,32-18-/t26-,29+,33-,39-,40+,41+,42-,45-/m1/s1. The highest BCUT2D eigenvalue weighted by Gasteiger charge is 2.49. The van der Waals surface area contributed by atoms with Crippen LogP contribution >= 0.6 is 0 Å². The molecule has 7 amide bonds. The number of aliphatic hydroxyl groups is 5. The van der Waals surface area contributed by atoms with Gasteiger partial charge in [0.1, 0.15) is 11.8 Å². The summed E-state index contributed by atoms with van der Waals surface area (Å²) in [5, 5.41) is 70.7. The first-order valence-corrected chi connectivity index (χ1v) is 20.7. The van der Waals surface area contributed by atoms with Crippen molar-refractivity contribution >= 4 is 64.4 Å². The van der Waals surface area contributed by atoms with Gasteiger partial charge in [-0.1, -0.05) is 91.9 Å². The number of amides is 7. The minimum Gasteiger partial charge on any atom is -0.391 e. The minimum absolute atomic E-state index is 0.317. The second-order valence-electron chi connectivity index (χ2n) is 15.8. The van der Waals surface area contributed by atoms with E-state index in [2.05, 4.69) is 36.9 Å². The molecule has 65 heavy (non-hydrogen) atoms. The average molecular weight is 899 g/mol. The van der Waals surface area contributed by atoms with Crippen molar-refractivity contribution in [2.75, 3.05) is 26.7 Å². The molecule has 2 saturated heterocycles. The number of aromatic nitrogens is 1. The molecule has 20 nitrogen and oxygen atoms in total. The lowest BCUT2D eigenvalue weighted by molar-refractivity contribution is -0.145. The van der Waals surface area contributed by atoms with Gasteiger partial charge in [-0.25, -0.2) is 0 Å². The zero-order chi connectivity index (χ0) is 47.3. The Kier molecular flexibility index (Phi) is 17.0. The quantitative estimate of drug-likeness (QED) is 0.0881. The summed E-state index contributed by atoms with van der Waals surface area (Å²) < 4.78 is 0. The van der Waals surface area contributed by atoms with E-state index < -0.39 is 128 Å². The van der Waals surface area contributed by atoms with Crippen molar-refractivity contribution in [3.8, 4) is 0 Å². The first-order valence-electron chi connectivity index (χ1n) is 20.7. The largest absolute Gasteiger partial charge is 0.391 e. The van der Waals surface area contributed by atoms with E-state index in [0.29, 0.717) is 10.9 Å². The molecule has 20 heteroatoms. The number of carbonyl (C=O) groups is 7. The van der Waals surface area contributed by atoms with Gasteiger partial charge in [0, 0.05) is 42.2 Å². The van der Waals surface area contributed by atoms with E-state index in [9.17, 15) is 59.1 Å². The molecule has 12 N–H and O–H groups in total. The van der Waals surface area contributed by atoms with Gasteiger partial charge in [-0.05, 0) is 17.7 Å². The molecular weight excluding hydrogens is 845 g/mol. The molecule has 0 spiro atoms. The number of nitrogens with one attached hydrogen (secondary N) is 7. The van der Waals surface area contributed by atoms with Crippen molar-refractivity contribution in [3.05, 3.63) is 108 Å². The maximum absolute atomic E-state index is 13.6. The van der Waals surface area contributed by atoms with Gasteiger partial charge >= 0.3 is 0 Å². The lowest BCUT2D eigenvalue weighted by Crippen LogP contribution is -2.63. The van der Waals surface area contributed by atoms with Crippen LogP contribution in [0.1, 0.15) is 37.3 Å². The molecule has 346 valence electrons. The molecule has 0 bridgehead atoms. The predicted molar refractivity (Wildman–Crippen MR) is 236 cm³/mol. The number of benzene rings is 2. The highest BCUT2D eigenvalue weighted by molar-refractivity contribution is 6.05. The molecule has 0 radical (unpaired) electrons. The van der Waals surface area contributed by atoms with E-state index in [-0.39, 0.29) is 5.70 Å². The summed E-state index contributed by atoms with van der Waals surface area (Å²) in [6.45, 7) is -0.323. The highest BCUT2D eigenvalue weighted by atomic mass is 16.3. The van der Waals surface area contributed by atoms with Gasteiger partial charge in [0.2, 0.25) is 29.5 Å². The maximum Gasteiger partial charge on any atom is 0.268 e. The number of likely N-dealkylation sites (N-methyl/N-ethyl adjacent to an activating group) is 1. The topological polar surface area (TPSA) is 312 Å². The fourth-order valence-electron chi connectivity index (χ4n) is 7.05. The van der Waals surface area contributed by atoms with Gasteiger partial charge in [0.25, 0.3) is 11.8 Å². The van der Waals surface area contributed by atoms with Crippen molar-refractivity contribution in [2.24, 2.45) is 5.92 Å². The Bertz CT molecular complexity index is 2350. The third kappa shape index (κ3) is 13.8. The number of aliphatic hydroxyl groups excluding tert-OH is 4. The fourth-order valence-corrected chi connectivity index (χ4v) is 7.05. The van der Waals surface area contributed by atoms with Gasteiger partial charge in [-0.15, -0.1) is 0 Å². The summed E-state index contributed by atoms with van der Waals surface area (Å²) in [6.07, 6.45) is 3.15. The van der Waals surface area contributed by atoms with Gasteiger partial charge in [0.05, 0.1) is 56.6 Å². The van der Waals surface area contributed by atoms with Crippen LogP contribution in [-0.2, 0) is 33.6 Å². The number of allylic oxidation sites excluding steroid dienone is 4. The molecule has 1 aromatic heterocycles. The Morgan fingerprint density at radius 3 is 2.28 bits per heavy atom. The first-order chi connectivity index (χ1) is 30.9. The number of aromatic amines is 1. The highest BCUT2D eigenvalue weighted by Crippen LogP contribution is 2.24.